The first-order valence-corrected chi connectivity index (χ1v) is 7.98. The number of aromatic nitrogens is 2. The second-order valence-corrected chi connectivity index (χ2v) is 5.81. The van der Waals surface area contributed by atoms with Crippen molar-refractivity contribution in [1.82, 2.24) is 15.5 Å². The number of benzene rings is 1. The molecule has 3 rings (SSSR count). The maximum absolute atomic E-state index is 5.74. The smallest absolute Gasteiger partial charge is 0.247 e. The van der Waals surface area contributed by atoms with Crippen molar-refractivity contribution in [2.45, 2.75) is 51.6 Å². The van der Waals surface area contributed by atoms with Gasteiger partial charge in [0.15, 0.2) is 0 Å². The van der Waals surface area contributed by atoms with Crippen LogP contribution in [0.1, 0.15) is 44.9 Å². The number of hydrogen-bond acceptors (Lipinski definition) is 4. The minimum absolute atomic E-state index is 0.593. The Kier molecular flexibility index (Phi) is 4.65. The predicted octanol–water partition coefficient (Wildman–Crippen LogP) is 3.80. The molecule has 0 bridgehead atoms. The monoisotopic (exact) mass is 285 g/mol. The zero-order valence-electron chi connectivity index (χ0n) is 12.6. The second-order valence-electron chi connectivity index (χ2n) is 5.81. The summed E-state index contributed by atoms with van der Waals surface area (Å²) in [4.78, 5) is 0. The van der Waals surface area contributed by atoms with E-state index in [1.807, 2.05) is 30.3 Å². The lowest BCUT2D eigenvalue weighted by Gasteiger charge is -2.31. The first-order chi connectivity index (χ1) is 10.4. The van der Waals surface area contributed by atoms with Crippen molar-refractivity contribution in [2.24, 2.45) is 5.92 Å². The predicted molar refractivity (Wildman–Crippen MR) is 82.6 cm³/mol. The Labute approximate surface area is 126 Å². The molecule has 2 unspecified atom stereocenters. The second kappa shape index (κ2) is 6.85. The van der Waals surface area contributed by atoms with E-state index in [1.54, 1.807) is 0 Å². The Balaban J connectivity index is 1.60. The summed E-state index contributed by atoms with van der Waals surface area (Å²) >= 11 is 0. The van der Waals surface area contributed by atoms with E-state index in [4.69, 9.17) is 4.42 Å². The van der Waals surface area contributed by atoms with Crippen LogP contribution in [0.15, 0.2) is 34.7 Å². The van der Waals surface area contributed by atoms with Gasteiger partial charge < -0.3 is 9.73 Å². The summed E-state index contributed by atoms with van der Waals surface area (Å²) in [5.41, 5.74) is 0.973. The molecular weight excluding hydrogens is 262 g/mol. The highest BCUT2D eigenvalue weighted by atomic mass is 16.4. The fourth-order valence-corrected chi connectivity index (χ4v) is 3.21. The molecule has 0 saturated heterocycles. The summed E-state index contributed by atoms with van der Waals surface area (Å²) in [5, 5.41) is 11.9. The zero-order chi connectivity index (χ0) is 14.5. The molecule has 0 amide bonds. The molecule has 2 atom stereocenters. The lowest BCUT2D eigenvalue weighted by molar-refractivity contribution is 0.248. The Morgan fingerprint density at radius 3 is 2.76 bits per heavy atom. The molecule has 1 aromatic heterocycles. The number of hydrogen-bond donors (Lipinski definition) is 1. The maximum atomic E-state index is 5.74. The highest BCUT2D eigenvalue weighted by Crippen LogP contribution is 2.27. The van der Waals surface area contributed by atoms with Gasteiger partial charge in [0.2, 0.25) is 11.8 Å². The van der Waals surface area contributed by atoms with E-state index < -0.39 is 0 Å². The van der Waals surface area contributed by atoms with Crippen LogP contribution >= 0.6 is 0 Å². The van der Waals surface area contributed by atoms with Crippen LogP contribution in [0.5, 0.6) is 0 Å². The van der Waals surface area contributed by atoms with Crippen LogP contribution in [0, 0.1) is 5.92 Å². The number of nitrogens with zero attached hydrogens (tertiary/aromatic N) is 2. The van der Waals surface area contributed by atoms with Crippen molar-refractivity contribution < 1.29 is 4.42 Å². The molecule has 21 heavy (non-hydrogen) atoms. The van der Waals surface area contributed by atoms with Gasteiger partial charge >= 0.3 is 0 Å². The quantitative estimate of drug-likeness (QED) is 0.908. The SMILES string of the molecule is CCC1CCCCC1NCc1nnc(-c2ccccc2)o1. The van der Waals surface area contributed by atoms with Crippen LogP contribution < -0.4 is 5.32 Å². The van der Waals surface area contributed by atoms with Gasteiger partial charge in [-0.25, -0.2) is 0 Å². The van der Waals surface area contributed by atoms with Crippen molar-refractivity contribution >= 4 is 0 Å². The normalized spacial score (nSPS) is 22.3. The van der Waals surface area contributed by atoms with Crippen LogP contribution in [-0.2, 0) is 6.54 Å². The molecule has 1 aliphatic rings. The zero-order valence-corrected chi connectivity index (χ0v) is 12.6. The van der Waals surface area contributed by atoms with Crippen LogP contribution in [-0.4, -0.2) is 16.2 Å². The molecule has 1 saturated carbocycles. The standard InChI is InChI=1S/C17H23N3O/c1-2-13-8-6-7-11-15(13)18-12-16-19-20-17(21-16)14-9-4-3-5-10-14/h3-5,9-10,13,15,18H,2,6-8,11-12H2,1H3. The van der Waals surface area contributed by atoms with Crippen molar-refractivity contribution in [2.75, 3.05) is 0 Å². The van der Waals surface area contributed by atoms with E-state index in [0.717, 1.165) is 11.5 Å². The van der Waals surface area contributed by atoms with E-state index in [2.05, 4.69) is 22.4 Å². The van der Waals surface area contributed by atoms with Crippen LogP contribution in [0.3, 0.4) is 0 Å². The molecule has 0 spiro atoms. The Morgan fingerprint density at radius 2 is 1.95 bits per heavy atom. The summed E-state index contributed by atoms with van der Waals surface area (Å²) in [6.07, 6.45) is 6.55. The third-order valence-corrected chi connectivity index (χ3v) is 4.44. The summed E-state index contributed by atoms with van der Waals surface area (Å²) in [5.74, 6) is 2.06. The topological polar surface area (TPSA) is 51.0 Å². The molecule has 1 N–H and O–H groups in total. The minimum atomic E-state index is 0.593. The van der Waals surface area contributed by atoms with Gasteiger partial charge in [-0.2, -0.15) is 0 Å². The summed E-state index contributed by atoms with van der Waals surface area (Å²) < 4.78 is 5.74. The van der Waals surface area contributed by atoms with Crippen LogP contribution in [0.4, 0.5) is 0 Å². The average molecular weight is 285 g/mol. The summed E-state index contributed by atoms with van der Waals surface area (Å²) in [7, 11) is 0. The molecule has 112 valence electrons. The summed E-state index contributed by atoms with van der Waals surface area (Å²) in [6, 6.07) is 10.5. The van der Waals surface area contributed by atoms with E-state index in [1.165, 1.54) is 32.1 Å². The van der Waals surface area contributed by atoms with E-state index in [9.17, 15) is 0 Å². The van der Waals surface area contributed by atoms with E-state index in [0.29, 0.717) is 24.4 Å². The number of rotatable bonds is 5. The van der Waals surface area contributed by atoms with Crippen LogP contribution in [0.2, 0.25) is 0 Å². The fourth-order valence-electron chi connectivity index (χ4n) is 3.21. The Morgan fingerprint density at radius 1 is 1.14 bits per heavy atom. The highest BCUT2D eigenvalue weighted by Gasteiger charge is 2.23. The molecular formula is C17H23N3O. The van der Waals surface area contributed by atoms with Crippen molar-refractivity contribution in [1.29, 1.82) is 0 Å². The third-order valence-electron chi connectivity index (χ3n) is 4.44. The molecule has 1 aromatic carbocycles. The largest absolute Gasteiger partial charge is 0.419 e. The van der Waals surface area contributed by atoms with Crippen molar-refractivity contribution in [3.8, 4) is 11.5 Å². The average Bonchev–Trinajstić information content (AvgIpc) is 3.03. The van der Waals surface area contributed by atoms with Gasteiger partial charge in [0.05, 0.1) is 6.54 Å². The van der Waals surface area contributed by atoms with E-state index >= 15 is 0 Å². The van der Waals surface area contributed by atoms with Gasteiger partial charge in [-0.05, 0) is 30.9 Å². The van der Waals surface area contributed by atoms with Gasteiger partial charge in [0.25, 0.3) is 0 Å². The maximum Gasteiger partial charge on any atom is 0.247 e. The molecule has 1 heterocycles. The van der Waals surface area contributed by atoms with Gasteiger partial charge in [-0.3, -0.25) is 0 Å². The van der Waals surface area contributed by atoms with Crippen molar-refractivity contribution in [3.05, 3.63) is 36.2 Å². The fraction of sp³-hybridized carbons (Fsp3) is 0.529. The lowest BCUT2D eigenvalue weighted by Crippen LogP contribution is -2.37. The number of nitrogens with one attached hydrogen (secondary N) is 1. The third kappa shape index (κ3) is 3.50. The van der Waals surface area contributed by atoms with Gasteiger partial charge in [-0.1, -0.05) is 44.4 Å². The molecule has 1 fully saturated rings. The first-order valence-electron chi connectivity index (χ1n) is 7.98. The molecule has 4 nitrogen and oxygen atoms in total. The summed E-state index contributed by atoms with van der Waals surface area (Å²) in [6.45, 7) is 2.95. The van der Waals surface area contributed by atoms with Crippen molar-refractivity contribution in [3.63, 3.8) is 0 Å². The molecule has 2 aromatic rings. The molecule has 4 heteroatoms. The molecule has 0 radical (unpaired) electrons. The minimum Gasteiger partial charge on any atom is -0.419 e. The Hall–Kier alpha value is -1.68. The van der Waals surface area contributed by atoms with Gasteiger partial charge in [-0.15, -0.1) is 10.2 Å². The highest BCUT2D eigenvalue weighted by molar-refractivity contribution is 5.51. The van der Waals surface area contributed by atoms with Gasteiger partial charge in [0, 0.05) is 11.6 Å². The first kappa shape index (κ1) is 14.3. The van der Waals surface area contributed by atoms with Crippen LogP contribution in [0.25, 0.3) is 11.5 Å². The Bertz CT molecular complexity index is 552. The molecule has 1 aliphatic carbocycles. The molecule has 0 aliphatic heterocycles. The lowest BCUT2D eigenvalue weighted by atomic mass is 9.83. The van der Waals surface area contributed by atoms with E-state index in [-0.39, 0.29) is 0 Å². The van der Waals surface area contributed by atoms with Gasteiger partial charge in [0.1, 0.15) is 0 Å².